The van der Waals surface area contributed by atoms with E-state index in [1.807, 2.05) is 13.0 Å². The highest BCUT2D eigenvalue weighted by atomic mass is 32.2. The third-order valence-corrected chi connectivity index (χ3v) is 2.62. The Hall–Kier alpha value is -1.47. The van der Waals surface area contributed by atoms with Crippen molar-refractivity contribution >= 4 is 22.6 Å². The highest BCUT2D eigenvalue weighted by Gasteiger charge is 1.96. The Kier molecular flexibility index (Phi) is 4.87. The molecule has 0 aliphatic rings. The second-order valence-corrected chi connectivity index (χ2v) is 4.55. The minimum atomic E-state index is 0.120. The predicted octanol–water partition coefficient (Wildman–Crippen LogP) is 1.99. The van der Waals surface area contributed by atoms with Gasteiger partial charge in [0.05, 0.1) is 5.69 Å². The maximum Gasteiger partial charge on any atom is 0.185 e. The number of pyridine rings is 1. The van der Waals surface area contributed by atoms with Crippen LogP contribution in [0.1, 0.15) is 24.7 Å². The van der Waals surface area contributed by atoms with E-state index in [0.717, 1.165) is 5.69 Å². The summed E-state index contributed by atoms with van der Waals surface area (Å²) in [6.07, 6.45) is 0.666. The summed E-state index contributed by atoms with van der Waals surface area (Å²) in [6, 6.07) is 3.66. The highest BCUT2D eigenvalue weighted by molar-refractivity contribution is 8.13. The molecule has 4 heteroatoms. The number of nitrogens with two attached hydrogens (primary N) is 1. The molecule has 16 heavy (non-hydrogen) atoms. The van der Waals surface area contributed by atoms with E-state index in [-0.39, 0.29) is 5.12 Å². The van der Waals surface area contributed by atoms with Crippen LogP contribution in [0.25, 0.3) is 0 Å². The molecule has 84 valence electrons. The summed E-state index contributed by atoms with van der Waals surface area (Å²) in [6.45, 7) is 3.45. The average molecular weight is 234 g/mol. The third kappa shape index (κ3) is 4.37. The van der Waals surface area contributed by atoms with Crippen LogP contribution in [0.3, 0.4) is 0 Å². The maximum absolute atomic E-state index is 10.7. The third-order valence-electron chi connectivity index (χ3n) is 1.80. The predicted molar refractivity (Wildman–Crippen MR) is 68.0 cm³/mol. The van der Waals surface area contributed by atoms with Crippen molar-refractivity contribution in [2.75, 3.05) is 11.5 Å². The van der Waals surface area contributed by atoms with Gasteiger partial charge in [0.2, 0.25) is 0 Å². The quantitative estimate of drug-likeness (QED) is 0.628. The van der Waals surface area contributed by atoms with Crippen LogP contribution in [0.5, 0.6) is 0 Å². The lowest BCUT2D eigenvalue weighted by atomic mass is 10.2. The van der Waals surface area contributed by atoms with Crippen molar-refractivity contribution < 1.29 is 4.79 Å². The number of anilines is 1. The van der Waals surface area contributed by atoms with Crippen LogP contribution in [0.4, 0.5) is 5.69 Å². The summed E-state index contributed by atoms with van der Waals surface area (Å²) >= 11 is 1.28. The molecule has 0 spiro atoms. The van der Waals surface area contributed by atoms with Gasteiger partial charge in [0.25, 0.3) is 0 Å². The molecule has 0 fully saturated rings. The van der Waals surface area contributed by atoms with E-state index in [2.05, 4.69) is 16.8 Å². The molecular formula is C12H14N2OS. The summed E-state index contributed by atoms with van der Waals surface area (Å²) in [5.74, 6) is 6.59. The monoisotopic (exact) mass is 234 g/mol. The number of hydrogen-bond donors (Lipinski definition) is 1. The summed E-state index contributed by atoms with van der Waals surface area (Å²) < 4.78 is 0. The van der Waals surface area contributed by atoms with Crippen LogP contribution in [0.15, 0.2) is 12.1 Å². The van der Waals surface area contributed by atoms with E-state index in [0.29, 0.717) is 23.6 Å². The lowest BCUT2D eigenvalue weighted by Crippen LogP contribution is -1.95. The number of carbonyl (C=O) groups excluding carboxylic acids is 1. The zero-order chi connectivity index (χ0) is 12.0. The second-order valence-electron chi connectivity index (χ2n) is 3.28. The van der Waals surface area contributed by atoms with Crippen LogP contribution >= 0.6 is 11.8 Å². The lowest BCUT2D eigenvalue weighted by Gasteiger charge is -1.97. The van der Waals surface area contributed by atoms with Crippen molar-refractivity contribution in [3.05, 3.63) is 23.5 Å². The fourth-order valence-electron chi connectivity index (χ4n) is 1.06. The number of nitrogens with zero attached hydrogens (tertiary/aromatic N) is 1. The first-order valence-corrected chi connectivity index (χ1v) is 5.93. The number of nitrogen functional groups attached to an aromatic ring is 1. The molecule has 0 aliphatic heterocycles. The average Bonchev–Trinajstić information content (AvgIpc) is 2.22. The smallest absolute Gasteiger partial charge is 0.185 e. The first-order chi connectivity index (χ1) is 7.59. The highest BCUT2D eigenvalue weighted by Crippen LogP contribution is 2.08. The van der Waals surface area contributed by atoms with Crippen molar-refractivity contribution in [1.82, 2.24) is 4.98 Å². The van der Waals surface area contributed by atoms with E-state index in [4.69, 9.17) is 5.73 Å². The molecule has 1 aromatic heterocycles. The standard InChI is InChI=1S/C12H14N2OS/c1-9-6-7-11(13)12(14-9)5-3-4-8-16-10(2)15/h6-7H,4,8,13H2,1-2H3. The van der Waals surface area contributed by atoms with Crippen LogP contribution in [0, 0.1) is 18.8 Å². The van der Waals surface area contributed by atoms with Crippen molar-refractivity contribution in [2.24, 2.45) is 0 Å². The zero-order valence-electron chi connectivity index (χ0n) is 9.41. The number of hydrogen-bond acceptors (Lipinski definition) is 4. The van der Waals surface area contributed by atoms with Gasteiger partial charge in [0.15, 0.2) is 5.12 Å². The largest absolute Gasteiger partial charge is 0.396 e. The molecule has 0 saturated heterocycles. The minimum Gasteiger partial charge on any atom is -0.396 e. The van der Waals surface area contributed by atoms with E-state index in [1.54, 1.807) is 13.0 Å². The molecule has 1 aromatic rings. The SMILES string of the molecule is CC(=O)SCCC#Cc1nc(C)ccc1N. The van der Waals surface area contributed by atoms with Crippen LogP contribution in [0.2, 0.25) is 0 Å². The number of aromatic nitrogens is 1. The van der Waals surface area contributed by atoms with Gasteiger partial charge in [0, 0.05) is 24.8 Å². The number of rotatable bonds is 2. The molecular weight excluding hydrogens is 220 g/mol. The fraction of sp³-hybridized carbons (Fsp3) is 0.333. The Balaban J connectivity index is 2.56. The Morgan fingerprint density at radius 1 is 1.56 bits per heavy atom. The van der Waals surface area contributed by atoms with Crippen molar-refractivity contribution in [1.29, 1.82) is 0 Å². The topological polar surface area (TPSA) is 56.0 Å². The van der Waals surface area contributed by atoms with Gasteiger partial charge in [-0.3, -0.25) is 4.79 Å². The maximum atomic E-state index is 10.7. The van der Waals surface area contributed by atoms with Crippen molar-refractivity contribution in [2.45, 2.75) is 20.3 Å². The lowest BCUT2D eigenvalue weighted by molar-refractivity contribution is -0.109. The zero-order valence-corrected chi connectivity index (χ0v) is 10.2. The van der Waals surface area contributed by atoms with Gasteiger partial charge in [0.1, 0.15) is 5.69 Å². The minimum absolute atomic E-state index is 0.120. The molecule has 1 rings (SSSR count). The molecule has 0 amide bonds. The fourth-order valence-corrected chi connectivity index (χ4v) is 1.55. The molecule has 0 aliphatic carbocycles. The van der Waals surface area contributed by atoms with E-state index < -0.39 is 0 Å². The number of thioether (sulfide) groups is 1. The molecule has 0 unspecified atom stereocenters. The second kappa shape index (κ2) is 6.19. The van der Waals surface area contributed by atoms with Gasteiger partial charge < -0.3 is 5.73 Å². The molecule has 0 aromatic carbocycles. The molecule has 0 atom stereocenters. The van der Waals surface area contributed by atoms with Crippen LogP contribution in [-0.4, -0.2) is 15.9 Å². The molecule has 0 radical (unpaired) electrons. The van der Waals surface area contributed by atoms with Gasteiger partial charge in [-0.25, -0.2) is 4.98 Å². The van der Waals surface area contributed by atoms with Gasteiger partial charge in [-0.05, 0) is 25.0 Å². The van der Waals surface area contributed by atoms with Gasteiger partial charge in [-0.15, -0.1) is 0 Å². The Labute approximate surface area is 99.8 Å². The number of carbonyl (C=O) groups is 1. The molecule has 1 heterocycles. The summed E-state index contributed by atoms with van der Waals surface area (Å²) in [5, 5.41) is 0.120. The van der Waals surface area contributed by atoms with Crippen molar-refractivity contribution in [3.63, 3.8) is 0 Å². The van der Waals surface area contributed by atoms with E-state index in [9.17, 15) is 4.79 Å². The van der Waals surface area contributed by atoms with Crippen LogP contribution < -0.4 is 5.73 Å². The number of aryl methyl sites for hydroxylation is 1. The summed E-state index contributed by atoms with van der Waals surface area (Å²) in [4.78, 5) is 14.9. The molecule has 0 bridgehead atoms. The Morgan fingerprint density at radius 3 is 3.00 bits per heavy atom. The van der Waals surface area contributed by atoms with Crippen LogP contribution in [-0.2, 0) is 4.79 Å². The summed E-state index contributed by atoms with van der Waals surface area (Å²) in [7, 11) is 0. The van der Waals surface area contributed by atoms with Crippen molar-refractivity contribution in [3.8, 4) is 11.8 Å². The van der Waals surface area contributed by atoms with E-state index >= 15 is 0 Å². The molecule has 0 saturated carbocycles. The Morgan fingerprint density at radius 2 is 2.31 bits per heavy atom. The normalized spacial score (nSPS) is 9.38. The van der Waals surface area contributed by atoms with Gasteiger partial charge >= 0.3 is 0 Å². The molecule has 2 N–H and O–H groups in total. The summed E-state index contributed by atoms with van der Waals surface area (Å²) in [5.41, 5.74) is 7.84. The van der Waals surface area contributed by atoms with E-state index in [1.165, 1.54) is 11.8 Å². The first-order valence-electron chi connectivity index (χ1n) is 4.95. The van der Waals surface area contributed by atoms with Gasteiger partial charge in [-0.1, -0.05) is 17.7 Å². The molecule has 3 nitrogen and oxygen atoms in total. The Bertz CT molecular complexity index is 446. The van der Waals surface area contributed by atoms with Gasteiger partial charge in [-0.2, -0.15) is 0 Å². The first kappa shape index (κ1) is 12.6.